The summed E-state index contributed by atoms with van der Waals surface area (Å²) in [5.41, 5.74) is 0.745. The fourth-order valence-electron chi connectivity index (χ4n) is 2.14. The van der Waals surface area contributed by atoms with E-state index in [0.29, 0.717) is 24.0 Å². The molecule has 1 fully saturated rings. The average molecular weight is 276 g/mol. The Morgan fingerprint density at radius 3 is 3.10 bits per heavy atom. The van der Waals surface area contributed by atoms with Gasteiger partial charge in [0.05, 0.1) is 25.0 Å². The molecule has 1 saturated heterocycles. The van der Waals surface area contributed by atoms with Gasteiger partial charge in [-0.05, 0) is 13.0 Å². The van der Waals surface area contributed by atoms with Crippen LogP contribution in [0.15, 0.2) is 23.0 Å². The lowest BCUT2D eigenvalue weighted by Crippen LogP contribution is -2.39. The zero-order valence-corrected chi connectivity index (χ0v) is 11.4. The normalized spacial score (nSPS) is 22.7. The number of nitrogens with zero attached hydrogens (tertiary/aromatic N) is 3. The van der Waals surface area contributed by atoms with Crippen LogP contribution in [0.25, 0.3) is 11.4 Å². The van der Waals surface area contributed by atoms with E-state index >= 15 is 0 Å². The van der Waals surface area contributed by atoms with Crippen molar-refractivity contribution in [1.29, 1.82) is 0 Å². The maximum atomic E-state index is 5.78. The van der Waals surface area contributed by atoms with Gasteiger partial charge in [0.2, 0.25) is 5.82 Å². The van der Waals surface area contributed by atoms with E-state index in [-0.39, 0.29) is 12.2 Å². The molecule has 0 unspecified atom stereocenters. The minimum absolute atomic E-state index is 0.125. The van der Waals surface area contributed by atoms with Gasteiger partial charge < -0.3 is 19.3 Å². The van der Waals surface area contributed by atoms with Crippen molar-refractivity contribution in [2.45, 2.75) is 19.1 Å². The maximum absolute atomic E-state index is 5.78. The fraction of sp³-hybridized carbons (Fsp3) is 0.462. The molecule has 0 aromatic carbocycles. The van der Waals surface area contributed by atoms with E-state index in [9.17, 15) is 0 Å². The highest BCUT2D eigenvalue weighted by atomic mass is 16.5. The van der Waals surface area contributed by atoms with Gasteiger partial charge in [0.1, 0.15) is 11.9 Å². The van der Waals surface area contributed by atoms with Gasteiger partial charge in [-0.1, -0.05) is 5.16 Å². The van der Waals surface area contributed by atoms with Crippen LogP contribution in [0.3, 0.4) is 0 Å². The van der Waals surface area contributed by atoms with E-state index in [1.165, 1.54) is 0 Å². The third-order valence-corrected chi connectivity index (χ3v) is 3.12. The van der Waals surface area contributed by atoms with Crippen molar-refractivity contribution in [3.05, 3.63) is 24.4 Å². The number of ether oxygens (including phenoxy) is 2. The van der Waals surface area contributed by atoms with E-state index in [1.54, 1.807) is 25.6 Å². The van der Waals surface area contributed by atoms with Gasteiger partial charge in [-0.3, -0.25) is 4.98 Å². The van der Waals surface area contributed by atoms with Crippen LogP contribution in [-0.2, 0) is 4.74 Å². The zero-order valence-electron chi connectivity index (χ0n) is 11.4. The summed E-state index contributed by atoms with van der Waals surface area (Å²) >= 11 is 0. The molecule has 0 amide bonds. The monoisotopic (exact) mass is 276 g/mol. The second kappa shape index (κ2) is 5.56. The first kappa shape index (κ1) is 13.0. The van der Waals surface area contributed by atoms with E-state index in [0.717, 1.165) is 12.1 Å². The standard InChI is InChI=1S/C13H16N4O3/c1-8-5-15-7-11(19-8)13-16-12(17-20-13)9-3-4-14-6-10(9)18-2/h3-4,6,8,11,15H,5,7H2,1-2H3/t8-,11-/m1/s1. The SMILES string of the molecule is COc1cnccc1-c1noc([C@H]2CNC[C@@H](C)O2)n1. The molecule has 1 N–H and O–H groups in total. The van der Waals surface area contributed by atoms with Gasteiger partial charge in [0.15, 0.2) is 0 Å². The first-order chi connectivity index (χ1) is 9.78. The van der Waals surface area contributed by atoms with Crippen molar-refractivity contribution in [3.8, 4) is 17.1 Å². The molecule has 7 nitrogen and oxygen atoms in total. The maximum Gasteiger partial charge on any atom is 0.257 e. The van der Waals surface area contributed by atoms with Crippen LogP contribution >= 0.6 is 0 Å². The minimum Gasteiger partial charge on any atom is -0.494 e. The second-order valence-corrected chi connectivity index (χ2v) is 4.63. The lowest BCUT2D eigenvalue weighted by Gasteiger charge is -2.25. The quantitative estimate of drug-likeness (QED) is 0.901. The molecule has 0 bridgehead atoms. The number of methoxy groups -OCH3 is 1. The molecule has 2 atom stereocenters. The van der Waals surface area contributed by atoms with E-state index in [1.807, 2.05) is 6.92 Å². The molecule has 3 heterocycles. The van der Waals surface area contributed by atoms with Crippen LogP contribution in [-0.4, -0.2) is 41.4 Å². The predicted octanol–water partition coefficient (Wildman–Crippen LogP) is 1.19. The van der Waals surface area contributed by atoms with E-state index < -0.39 is 0 Å². The summed E-state index contributed by atoms with van der Waals surface area (Å²) in [7, 11) is 1.58. The Kier molecular flexibility index (Phi) is 3.62. The Labute approximate surface area is 116 Å². The number of pyridine rings is 1. The Hall–Kier alpha value is -1.99. The number of nitrogens with one attached hydrogen (secondary N) is 1. The number of morpholine rings is 1. The van der Waals surface area contributed by atoms with Crippen LogP contribution in [0.4, 0.5) is 0 Å². The lowest BCUT2D eigenvalue weighted by molar-refractivity contribution is -0.0438. The summed E-state index contributed by atoms with van der Waals surface area (Å²) in [6.07, 6.45) is 3.19. The molecule has 3 rings (SSSR count). The molecular formula is C13H16N4O3. The lowest BCUT2D eigenvalue weighted by atomic mass is 10.2. The first-order valence-corrected chi connectivity index (χ1v) is 6.46. The summed E-state index contributed by atoms with van der Waals surface area (Å²) in [6, 6.07) is 1.79. The van der Waals surface area contributed by atoms with Crippen molar-refractivity contribution in [3.63, 3.8) is 0 Å². The predicted molar refractivity (Wildman–Crippen MR) is 70.2 cm³/mol. The van der Waals surface area contributed by atoms with Crippen LogP contribution in [0, 0.1) is 0 Å². The van der Waals surface area contributed by atoms with E-state index in [2.05, 4.69) is 20.4 Å². The fourth-order valence-corrected chi connectivity index (χ4v) is 2.14. The van der Waals surface area contributed by atoms with Crippen molar-refractivity contribution in [1.82, 2.24) is 20.4 Å². The molecule has 0 spiro atoms. The van der Waals surface area contributed by atoms with Crippen molar-refractivity contribution < 1.29 is 14.0 Å². The van der Waals surface area contributed by atoms with Crippen LogP contribution < -0.4 is 10.1 Å². The first-order valence-electron chi connectivity index (χ1n) is 6.46. The minimum atomic E-state index is -0.215. The van der Waals surface area contributed by atoms with Gasteiger partial charge in [-0.25, -0.2) is 0 Å². The highest BCUT2D eigenvalue weighted by Crippen LogP contribution is 2.28. The third-order valence-electron chi connectivity index (χ3n) is 3.12. The highest BCUT2D eigenvalue weighted by Gasteiger charge is 2.26. The average Bonchev–Trinajstić information content (AvgIpc) is 2.97. The van der Waals surface area contributed by atoms with Crippen molar-refractivity contribution in [2.75, 3.05) is 20.2 Å². The van der Waals surface area contributed by atoms with Crippen LogP contribution in [0.1, 0.15) is 18.9 Å². The third kappa shape index (κ3) is 2.50. The van der Waals surface area contributed by atoms with E-state index in [4.69, 9.17) is 14.0 Å². The summed E-state index contributed by atoms with van der Waals surface area (Å²) < 4.78 is 16.3. The summed E-state index contributed by atoms with van der Waals surface area (Å²) in [5.74, 6) is 1.55. The molecule has 7 heteroatoms. The topological polar surface area (TPSA) is 82.3 Å². The molecule has 1 aliphatic heterocycles. The number of hydrogen-bond acceptors (Lipinski definition) is 7. The Balaban J connectivity index is 1.86. The molecule has 2 aromatic rings. The molecule has 1 aliphatic rings. The summed E-state index contributed by atoms with van der Waals surface area (Å²) in [5, 5.41) is 7.26. The van der Waals surface area contributed by atoms with Crippen LogP contribution in [0.2, 0.25) is 0 Å². The van der Waals surface area contributed by atoms with Gasteiger partial charge in [-0.15, -0.1) is 0 Å². The number of rotatable bonds is 3. The largest absolute Gasteiger partial charge is 0.494 e. The zero-order chi connectivity index (χ0) is 13.9. The number of aromatic nitrogens is 3. The van der Waals surface area contributed by atoms with Crippen molar-refractivity contribution >= 4 is 0 Å². The summed E-state index contributed by atoms with van der Waals surface area (Å²) in [6.45, 7) is 3.50. The number of hydrogen-bond donors (Lipinski definition) is 1. The smallest absolute Gasteiger partial charge is 0.257 e. The Morgan fingerprint density at radius 2 is 2.30 bits per heavy atom. The summed E-state index contributed by atoms with van der Waals surface area (Å²) in [4.78, 5) is 8.40. The molecule has 106 valence electrons. The Morgan fingerprint density at radius 1 is 1.40 bits per heavy atom. The Bertz CT molecular complexity index is 587. The highest BCUT2D eigenvalue weighted by molar-refractivity contribution is 5.62. The molecule has 2 aromatic heterocycles. The molecular weight excluding hydrogens is 260 g/mol. The molecule has 0 saturated carbocycles. The molecule has 20 heavy (non-hydrogen) atoms. The van der Waals surface area contributed by atoms with Gasteiger partial charge in [-0.2, -0.15) is 4.98 Å². The van der Waals surface area contributed by atoms with Crippen LogP contribution in [0.5, 0.6) is 5.75 Å². The van der Waals surface area contributed by atoms with Gasteiger partial charge in [0, 0.05) is 19.3 Å². The van der Waals surface area contributed by atoms with Gasteiger partial charge >= 0.3 is 0 Å². The van der Waals surface area contributed by atoms with Crippen molar-refractivity contribution in [2.24, 2.45) is 0 Å². The van der Waals surface area contributed by atoms with Gasteiger partial charge in [0.25, 0.3) is 5.89 Å². The second-order valence-electron chi connectivity index (χ2n) is 4.63. The molecule has 0 aliphatic carbocycles. The molecule has 0 radical (unpaired) electrons.